The van der Waals surface area contributed by atoms with Gasteiger partial charge < -0.3 is 5.32 Å². The predicted molar refractivity (Wildman–Crippen MR) is 83.1 cm³/mol. The third-order valence-corrected chi connectivity index (χ3v) is 3.46. The molecular formula is C16H16Cl2FN. The highest BCUT2D eigenvalue weighted by Gasteiger charge is 2.15. The summed E-state index contributed by atoms with van der Waals surface area (Å²) in [6, 6.07) is 10.3. The number of rotatable bonds is 4. The van der Waals surface area contributed by atoms with Crippen molar-refractivity contribution in [1.29, 1.82) is 0 Å². The van der Waals surface area contributed by atoms with E-state index in [1.54, 1.807) is 6.07 Å². The zero-order chi connectivity index (χ0) is 14.7. The van der Waals surface area contributed by atoms with E-state index >= 15 is 0 Å². The number of benzene rings is 2. The Kier molecular flexibility index (Phi) is 5.03. The smallest absolute Gasteiger partial charge is 0.123 e. The lowest BCUT2D eigenvalue weighted by atomic mass is 9.97. The van der Waals surface area contributed by atoms with Crippen LogP contribution in [-0.2, 0) is 0 Å². The summed E-state index contributed by atoms with van der Waals surface area (Å²) in [5.41, 5.74) is 2.67. The van der Waals surface area contributed by atoms with Gasteiger partial charge in [-0.1, -0.05) is 36.2 Å². The number of nitrogens with one attached hydrogen (secondary N) is 1. The monoisotopic (exact) mass is 311 g/mol. The Balaban J connectivity index is 2.49. The molecule has 1 atom stereocenters. The van der Waals surface area contributed by atoms with Crippen molar-refractivity contribution in [3.05, 3.63) is 69.0 Å². The van der Waals surface area contributed by atoms with E-state index in [2.05, 4.69) is 5.32 Å². The van der Waals surface area contributed by atoms with Crippen molar-refractivity contribution < 1.29 is 4.39 Å². The molecule has 0 bridgehead atoms. The zero-order valence-corrected chi connectivity index (χ0v) is 12.9. The van der Waals surface area contributed by atoms with E-state index in [9.17, 15) is 4.39 Å². The highest BCUT2D eigenvalue weighted by Crippen LogP contribution is 2.28. The van der Waals surface area contributed by atoms with Crippen molar-refractivity contribution in [2.45, 2.75) is 19.9 Å². The van der Waals surface area contributed by atoms with Gasteiger partial charge in [0, 0.05) is 10.0 Å². The molecule has 0 aliphatic carbocycles. The maximum atomic E-state index is 13.6. The van der Waals surface area contributed by atoms with Crippen molar-refractivity contribution in [2.75, 3.05) is 6.54 Å². The lowest BCUT2D eigenvalue weighted by Gasteiger charge is -2.20. The molecule has 0 radical (unpaired) electrons. The number of hydrogen-bond acceptors (Lipinski definition) is 1. The second-order valence-corrected chi connectivity index (χ2v) is 5.63. The molecule has 4 heteroatoms. The molecule has 20 heavy (non-hydrogen) atoms. The summed E-state index contributed by atoms with van der Waals surface area (Å²) in [5.74, 6) is -0.240. The highest BCUT2D eigenvalue weighted by atomic mass is 35.5. The molecule has 0 saturated heterocycles. The van der Waals surface area contributed by atoms with Gasteiger partial charge in [-0.15, -0.1) is 0 Å². The van der Waals surface area contributed by atoms with Gasteiger partial charge in [-0.3, -0.25) is 0 Å². The standard InChI is InChI=1S/C16H16Cl2FN/c1-3-20-16(11-4-10(2)5-15(19)8-11)12-6-13(17)9-14(18)7-12/h4-9,16,20H,3H2,1-2H3. The largest absolute Gasteiger partial charge is 0.307 e. The van der Waals surface area contributed by atoms with Gasteiger partial charge in [-0.05, 0) is 60.5 Å². The fourth-order valence-corrected chi connectivity index (χ4v) is 2.85. The van der Waals surface area contributed by atoms with Gasteiger partial charge in [-0.25, -0.2) is 4.39 Å². The first-order valence-corrected chi connectivity index (χ1v) is 7.21. The van der Waals surface area contributed by atoms with Gasteiger partial charge in [0.15, 0.2) is 0 Å². The van der Waals surface area contributed by atoms with Crippen LogP contribution < -0.4 is 5.32 Å². The summed E-state index contributed by atoms with van der Waals surface area (Å²) >= 11 is 12.1. The Bertz CT molecular complexity index is 521. The molecule has 0 fully saturated rings. The molecule has 1 unspecified atom stereocenters. The van der Waals surface area contributed by atoms with Crippen LogP contribution >= 0.6 is 23.2 Å². The van der Waals surface area contributed by atoms with E-state index in [0.717, 1.165) is 23.2 Å². The fourth-order valence-electron chi connectivity index (χ4n) is 2.31. The molecule has 2 rings (SSSR count). The molecule has 1 N–H and O–H groups in total. The predicted octanol–water partition coefficient (Wildman–Crippen LogP) is 5.14. The first-order valence-electron chi connectivity index (χ1n) is 6.46. The SMILES string of the molecule is CCNC(c1cc(C)cc(F)c1)c1cc(Cl)cc(Cl)c1. The minimum Gasteiger partial charge on any atom is -0.307 e. The molecule has 0 aromatic heterocycles. The van der Waals surface area contributed by atoms with E-state index in [-0.39, 0.29) is 11.9 Å². The van der Waals surface area contributed by atoms with E-state index in [1.807, 2.05) is 32.0 Å². The number of hydrogen-bond donors (Lipinski definition) is 1. The lowest BCUT2D eigenvalue weighted by Crippen LogP contribution is -2.22. The Morgan fingerprint density at radius 1 is 1.00 bits per heavy atom. The van der Waals surface area contributed by atoms with Crippen LogP contribution in [-0.4, -0.2) is 6.54 Å². The maximum Gasteiger partial charge on any atom is 0.123 e. The summed E-state index contributed by atoms with van der Waals surface area (Å²) in [4.78, 5) is 0. The first kappa shape index (κ1) is 15.3. The molecule has 0 spiro atoms. The Hall–Kier alpha value is -1.09. The third-order valence-electron chi connectivity index (χ3n) is 3.02. The normalized spacial score (nSPS) is 12.4. The van der Waals surface area contributed by atoms with Crippen molar-refractivity contribution in [3.8, 4) is 0 Å². The van der Waals surface area contributed by atoms with Crippen LogP contribution in [0.15, 0.2) is 36.4 Å². The summed E-state index contributed by atoms with van der Waals surface area (Å²) in [5, 5.41) is 4.49. The summed E-state index contributed by atoms with van der Waals surface area (Å²) < 4.78 is 13.6. The summed E-state index contributed by atoms with van der Waals surface area (Å²) in [7, 11) is 0. The van der Waals surface area contributed by atoms with Crippen molar-refractivity contribution in [3.63, 3.8) is 0 Å². The third kappa shape index (κ3) is 3.72. The minimum absolute atomic E-state index is 0.134. The Labute approximate surface area is 128 Å². The molecular weight excluding hydrogens is 296 g/mol. The van der Waals surface area contributed by atoms with Gasteiger partial charge in [0.2, 0.25) is 0 Å². The van der Waals surface area contributed by atoms with Crippen LogP contribution in [0.25, 0.3) is 0 Å². The molecule has 0 amide bonds. The second-order valence-electron chi connectivity index (χ2n) is 4.76. The Morgan fingerprint density at radius 3 is 2.15 bits per heavy atom. The van der Waals surface area contributed by atoms with Crippen LogP contribution in [0.1, 0.15) is 29.7 Å². The van der Waals surface area contributed by atoms with Gasteiger partial charge in [-0.2, -0.15) is 0 Å². The topological polar surface area (TPSA) is 12.0 Å². The van der Waals surface area contributed by atoms with Gasteiger partial charge in [0.05, 0.1) is 6.04 Å². The number of aryl methyl sites for hydroxylation is 1. The minimum atomic E-state index is -0.240. The maximum absolute atomic E-state index is 13.6. The highest BCUT2D eigenvalue weighted by molar-refractivity contribution is 6.34. The second kappa shape index (κ2) is 6.57. The van der Waals surface area contributed by atoms with Crippen LogP contribution in [0, 0.1) is 12.7 Å². The molecule has 0 aliphatic rings. The van der Waals surface area contributed by atoms with Crippen LogP contribution in [0.4, 0.5) is 4.39 Å². The van der Waals surface area contributed by atoms with E-state index in [1.165, 1.54) is 12.1 Å². The molecule has 0 heterocycles. The number of halogens is 3. The summed E-state index contributed by atoms with van der Waals surface area (Å²) in [6.45, 7) is 4.64. The zero-order valence-electron chi connectivity index (χ0n) is 11.4. The average Bonchev–Trinajstić information content (AvgIpc) is 2.33. The van der Waals surface area contributed by atoms with Gasteiger partial charge in [0.1, 0.15) is 5.82 Å². The van der Waals surface area contributed by atoms with E-state index < -0.39 is 0 Å². The van der Waals surface area contributed by atoms with Crippen molar-refractivity contribution in [1.82, 2.24) is 5.32 Å². The molecule has 0 aliphatic heterocycles. The molecule has 106 valence electrons. The summed E-state index contributed by atoms with van der Waals surface area (Å²) in [6.07, 6.45) is 0. The lowest BCUT2D eigenvalue weighted by molar-refractivity contribution is 0.602. The van der Waals surface area contributed by atoms with E-state index in [0.29, 0.717) is 10.0 Å². The molecule has 1 nitrogen and oxygen atoms in total. The van der Waals surface area contributed by atoms with Crippen LogP contribution in [0.2, 0.25) is 10.0 Å². The fraction of sp³-hybridized carbons (Fsp3) is 0.250. The molecule has 0 saturated carbocycles. The van der Waals surface area contributed by atoms with E-state index in [4.69, 9.17) is 23.2 Å². The van der Waals surface area contributed by atoms with Crippen molar-refractivity contribution >= 4 is 23.2 Å². The molecule has 2 aromatic carbocycles. The Morgan fingerprint density at radius 2 is 1.60 bits per heavy atom. The first-order chi connectivity index (χ1) is 9.49. The van der Waals surface area contributed by atoms with Gasteiger partial charge in [0.25, 0.3) is 0 Å². The quantitative estimate of drug-likeness (QED) is 0.824. The van der Waals surface area contributed by atoms with Crippen LogP contribution in [0.3, 0.4) is 0 Å². The van der Waals surface area contributed by atoms with Crippen molar-refractivity contribution in [2.24, 2.45) is 0 Å². The average molecular weight is 312 g/mol. The molecule has 2 aromatic rings. The van der Waals surface area contributed by atoms with Crippen LogP contribution in [0.5, 0.6) is 0 Å². The van der Waals surface area contributed by atoms with Gasteiger partial charge >= 0.3 is 0 Å².